The van der Waals surface area contributed by atoms with E-state index in [0.717, 1.165) is 21.7 Å². The zero-order valence-corrected chi connectivity index (χ0v) is 13.3. The van der Waals surface area contributed by atoms with Crippen LogP contribution >= 0.6 is 11.6 Å². The molecule has 1 atom stereocenters. The molecule has 0 aliphatic rings. The van der Waals surface area contributed by atoms with Crippen LogP contribution in [0.4, 0.5) is 0 Å². The second-order valence-electron chi connectivity index (χ2n) is 5.70. The highest BCUT2D eigenvalue weighted by molar-refractivity contribution is 6.33. The fourth-order valence-electron chi connectivity index (χ4n) is 1.80. The second-order valence-corrected chi connectivity index (χ2v) is 6.11. The molecule has 2 aromatic carbocycles. The van der Waals surface area contributed by atoms with Gasteiger partial charge in [-0.1, -0.05) is 53.8 Å². The Balaban J connectivity index is 2.21. The molecule has 1 N–H and O–H groups in total. The Hall–Kier alpha value is -1.75. The van der Waals surface area contributed by atoms with Gasteiger partial charge >= 0.3 is 0 Å². The number of aliphatic hydroxyl groups is 1. The smallest absolute Gasteiger partial charge is 0.0726 e. The van der Waals surface area contributed by atoms with E-state index >= 15 is 0 Å². The van der Waals surface area contributed by atoms with Crippen molar-refractivity contribution in [1.29, 1.82) is 0 Å². The van der Waals surface area contributed by atoms with Gasteiger partial charge in [0.1, 0.15) is 0 Å². The van der Waals surface area contributed by atoms with E-state index < -0.39 is 5.60 Å². The molecule has 0 aliphatic carbocycles. The molecule has 1 nitrogen and oxygen atoms in total. The summed E-state index contributed by atoms with van der Waals surface area (Å²) in [5, 5.41) is 10.6. The van der Waals surface area contributed by atoms with Crippen molar-refractivity contribution in [2.75, 3.05) is 0 Å². The number of rotatable bonds is 2. The first kappa shape index (κ1) is 15.6. The Labute approximate surface area is 131 Å². The molecule has 108 valence electrons. The molecule has 0 aromatic heterocycles. The van der Waals surface area contributed by atoms with Crippen LogP contribution in [0.25, 0.3) is 11.1 Å². The van der Waals surface area contributed by atoms with Gasteiger partial charge in [0.2, 0.25) is 0 Å². The summed E-state index contributed by atoms with van der Waals surface area (Å²) >= 11 is 6.20. The van der Waals surface area contributed by atoms with Gasteiger partial charge in [0.15, 0.2) is 0 Å². The molecular weight excluding hydrogens is 280 g/mol. The average molecular weight is 299 g/mol. The van der Waals surface area contributed by atoms with Gasteiger partial charge in [-0.05, 0) is 44.5 Å². The molecule has 0 amide bonds. The molecule has 0 radical (unpaired) electrons. The second kappa shape index (κ2) is 6.35. The minimum Gasteiger partial charge on any atom is -0.389 e. The molecule has 2 rings (SSSR count). The van der Waals surface area contributed by atoms with Crippen molar-refractivity contribution >= 4 is 11.6 Å². The number of benzene rings is 2. The molecule has 2 heteroatoms. The standard InChI is InChI=1S/C19H19ClO/c1-14(19(2,3)21)8-9-15-10-12-16(13-11-15)17-6-4-5-7-18(17)20/h4-7,10-14,21H,1-3H3. The van der Waals surface area contributed by atoms with Crippen molar-refractivity contribution in [3.05, 3.63) is 59.1 Å². The summed E-state index contributed by atoms with van der Waals surface area (Å²) in [5.74, 6) is 6.10. The molecule has 0 aliphatic heterocycles. The number of hydrogen-bond acceptors (Lipinski definition) is 1. The maximum Gasteiger partial charge on any atom is 0.0726 e. The lowest BCUT2D eigenvalue weighted by molar-refractivity contribution is 0.0477. The molecule has 0 saturated carbocycles. The Morgan fingerprint density at radius 1 is 1.05 bits per heavy atom. The fraction of sp³-hybridized carbons (Fsp3) is 0.263. The van der Waals surface area contributed by atoms with Crippen molar-refractivity contribution in [1.82, 2.24) is 0 Å². The van der Waals surface area contributed by atoms with E-state index in [9.17, 15) is 5.11 Å². The lowest BCUT2D eigenvalue weighted by atomic mass is 9.93. The van der Waals surface area contributed by atoms with E-state index in [1.54, 1.807) is 13.8 Å². The van der Waals surface area contributed by atoms with Gasteiger partial charge in [0, 0.05) is 22.1 Å². The minimum atomic E-state index is -0.787. The van der Waals surface area contributed by atoms with Crippen LogP contribution < -0.4 is 0 Å². The molecule has 0 bridgehead atoms. The van der Waals surface area contributed by atoms with Gasteiger partial charge in [0.25, 0.3) is 0 Å². The minimum absolute atomic E-state index is 0.0826. The summed E-state index contributed by atoms with van der Waals surface area (Å²) in [5.41, 5.74) is 2.23. The van der Waals surface area contributed by atoms with Crippen molar-refractivity contribution in [2.45, 2.75) is 26.4 Å². The van der Waals surface area contributed by atoms with Crippen LogP contribution in [-0.2, 0) is 0 Å². The highest BCUT2D eigenvalue weighted by Gasteiger charge is 2.19. The largest absolute Gasteiger partial charge is 0.389 e. The molecule has 0 saturated heterocycles. The molecular formula is C19H19ClO. The van der Waals surface area contributed by atoms with Crippen molar-refractivity contribution < 1.29 is 5.11 Å². The van der Waals surface area contributed by atoms with E-state index in [4.69, 9.17) is 11.6 Å². The van der Waals surface area contributed by atoms with E-state index in [-0.39, 0.29) is 5.92 Å². The van der Waals surface area contributed by atoms with Crippen molar-refractivity contribution in [2.24, 2.45) is 5.92 Å². The summed E-state index contributed by atoms with van der Waals surface area (Å²) in [6.45, 7) is 5.46. The Morgan fingerprint density at radius 3 is 2.24 bits per heavy atom. The van der Waals surface area contributed by atoms with E-state index in [2.05, 4.69) is 11.8 Å². The van der Waals surface area contributed by atoms with Crippen LogP contribution in [0.1, 0.15) is 26.3 Å². The molecule has 2 aromatic rings. The molecule has 0 heterocycles. The third-order valence-electron chi connectivity index (χ3n) is 3.56. The van der Waals surface area contributed by atoms with Gasteiger partial charge in [-0.3, -0.25) is 0 Å². The molecule has 1 unspecified atom stereocenters. The Morgan fingerprint density at radius 2 is 1.67 bits per heavy atom. The summed E-state index contributed by atoms with van der Waals surface area (Å²) in [6, 6.07) is 15.8. The predicted molar refractivity (Wildman–Crippen MR) is 89.2 cm³/mol. The van der Waals surface area contributed by atoms with Gasteiger partial charge in [0.05, 0.1) is 5.60 Å². The normalized spacial score (nSPS) is 12.4. The first-order chi connectivity index (χ1) is 9.88. The van der Waals surface area contributed by atoms with Crippen molar-refractivity contribution in [3.8, 4) is 23.0 Å². The van der Waals surface area contributed by atoms with E-state index in [1.807, 2.05) is 55.5 Å². The van der Waals surface area contributed by atoms with Gasteiger partial charge in [-0.25, -0.2) is 0 Å². The maximum absolute atomic E-state index is 9.87. The lowest BCUT2D eigenvalue weighted by Crippen LogP contribution is -2.27. The third-order valence-corrected chi connectivity index (χ3v) is 3.89. The molecule has 0 fully saturated rings. The van der Waals surface area contributed by atoms with Crippen LogP contribution in [0, 0.1) is 17.8 Å². The average Bonchev–Trinajstić information content (AvgIpc) is 2.45. The van der Waals surface area contributed by atoms with Gasteiger partial charge < -0.3 is 5.11 Å². The summed E-state index contributed by atoms with van der Waals surface area (Å²) < 4.78 is 0. The fourth-order valence-corrected chi connectivity index (χ4v) is 2.04. The topological polar surface area (TPSA) is 20.2 Å². The first-order valence-corrected chi connectivity index (χ1v) is 7.34. The monoisotopic (exact) mass is 298 g/mol. The Bertz CT molecular complexity index is 669. The Kier molecular flexibility index (Phi) is 4.73. The predicted octanol–water partition coefficient (Wildman–Crippen LogP) is 4.77. The quantitative estimate of drug-likeness (QED) is 0.792. The van der Waals surface area contributed by atoms with Gasteiger partial charge in [-0.15, -0.1) is 0 Å². The van der Waals surface area contributed by atoms with E-state index in [0.29, 0.717) is 0 Å². The van der Waals surface area contributed by atoms with Crippen LogP contribution in [0.3, 0.4) is 0 Å². The zero-order valence-electron chi connectivity index (χ0n) is 12.5. The number of hydrogen-bond donors (Lipinski definition) is 1. The highest BCUT2D eigenvalue weighted by Crippen LogP contribution is 2.27. The van der Waals surface area contributed by atoms with Crippen LogP contribution in [0.2, 0.25) is 5.02 Å². The lowest BCUT2D eigenvalue weighted by Gasteiger charge is -2.20. The third kappa shape index (κ3) is 4.11. The summed E-state index contributed by atoms with van der Waals surface area (Å²) in [7, 11) is 0. The molecule has 0 spiro atoms. The highest BCUT2D eigenvalue weighted by atomic mass is 35.5. The maximum atomic E-state index is 9.87. The summed E-state index contributed by atoms with van der Waals surface area (Å²) in [4.78, 5) is 0. The van der Waals surface area contributed by atoms with E-state index in [1.165, 1.54) is 0 Å². The summed E-state index contributed by atoms with van der Waals surface area (Å²) in [6.07, 6.45) is 0. The SMILES string of the molecule is CC(C#Cc1ccc(-c2ccccc2Cl)cc1)C(C)(C)O. The zero-order chi connectivity index (χ0) is 15.5. The molecule has 21 heavy (non-hydrogen) atoms. The van der Waals surface area contributed by atoms with Crippen molar-refractivity contribution in [3.63, 3.8) is 0 Å². The van der Waals surface area contributed by atoms with Crippen LogP contribution in [0.15, 0.2) is 48.5 Å². The van der Waals surface area contributed by atoms with Crippen LogP contribution in [0.5, 0.6) is 0 Å². The van der Waals surface area contributed by atoms with Gasteiger partial charge in [-0.2, -0.15) is 0 Å². The first-order valence-electron chi connectivity index (χ1n) is 6.97. The number of halogens is 1. The van der Waals surface area contributed by atoms with Crippen LogP contribution in [-0.4, -0.2) is 10.7 Å².